The molecule has 0 aromatic rings. The van der Waals surface area contributed by atoms with E-state index < -0.39 is 12.0 Å². The van der Waals surface area contributed by atoms with Gasteiger partial charge in [-0.3, -0.25) is 9.59 Å². The third-order valence-corrected chi connectivity index (χ3v) is 4.45. The molecule has 0 aliphatic carbocycles. The number of amides is 2. The van der Waals surface area contributed by atoms with Gasteiger partial charge in [0.2, 0.25) is 11.8 Å². The van der Waals surface area contributed by atoms with Crippen LogP contribution in [0.3, 0.4) is 0 Å². The third kappa shape index (κ3) is 4.71. The smallest absolute Gasteiger partial charge is 0.326 e. The highest BCUT2D eigenvalue weighted by Crippen LogP contribution is 2.20. The topological polar surface area (TPSA) is 86.7 Å². The van der Waals surface area contributed by atoms with Crippen LogP contribution in [0.15, 0.2) is 0 Å². The molecule has 1 heterocycles. The van der Waals surface area contributed by atoms with E-state index in [4.69, 9.17) is 0 Å². The zero-order valence-electron chi connectivity index (χ0n) is 14.0. The summed E-state index contributed by atoms with van der Waals surface area (Å²) in [5.74, 6) is -1.43. The minimum Gasteiger partial charge on any atom is -0.480 e. The molecule has 1 aliphatic rings. The van der Waals surface area contributed by atoms with Crippen molar-refractivity contribution in [2.75, 3.05) is 13.1 Å². The average Bonchev–Trinajstić information content (AvgIpc) is 2.50. The van der Waals surface area contributed by atoms with Crippen molar-refractivity contribution in [2.24, 2.45) is 17.8 Å². The fourth-order valence-electron chi connectivity index (χ4n) is 2.68. The largest absolute Gasteiger partial charge is 0.480 e. The molecule has 2 unspecified atom stereocenters. The van der Waals surface area contributed by atoms with Gasteiger partial charge in [0, 0.05) is 24.9 Å². The van der Waals surface area contributed by atoms with E-state index in [1.165, 1.54) is 0 Å². The molecule has 0 bridgehead atoms. The summed E-state index contributed by atoms with van der Waals surface area (Å²) in [6.45, 7) is 8.59. The molecular formula is C16H28N2O4. The number of likely N-dealkylation sites (tertiary alicyclic amines) is 1. The zero-order chi connectivity index (χ0) is 16.9. The van der Waals surface area contributed by atoms with Gasteiger partial charge in [0.15, 0.2) is 0 Å². The Labute approximate surface area is 132 Å². The second-order valence-electron chi connectivity index (χ2n) is 6.46. The van der Waals surface area contributed by atoms with E-state index in [1.54, 1.807) is 4.90 Å². The summed E-state index contributed by atoms with van der Waals surface area (Å²) in [6, 6.07) is -0.840. The van der Waals surface area contributed by atoms with Crippen LogP contribution in [0.4, 0.5) is 0 Å². The summed E-state index contributed by atoms with van der Waals surface area (Å²) in [4.78, 5) is 37.2. The number of hydrogen-bond acceptors (Lipinski definition) is 3. The second kappa shape index (κ2) is 8.15. The summed E-state index contributed by atoms with van der Waals surface area (Å²) in [7, 11) is 0. The van der Waals surface area contributed by atoms with Crippen LogP contribution < -0.4 is 5.32 Å². The summed E-state index contributed by atoms with van der Waals surface area (Å²) in [5, 5.41) is 11.9. The van der Waals surface area contributed by atoms with Crippen LogP contribution in [0.2, 0.25) is 0 Å². The maximum atomic E-state index is 12.3. The lowest BCUT2D eigenvalue weighted by atomic mass is 9.93. The van der Waals surface area contributed by atoms with Crippen molar-refractivity contribution < 1.29 is 19.5 Å². The number of piperidine rings is 1. The van der Waals surface area contributed by atoms with E-state index in [2.05, 4.69) is 5.32 Å². The molecule has 0 spiro atoms. The van der Waals surface area contributed by atoms with Gasteiger partial charge in [-0.1, -0.05) is 34.1 Å². The lowest BCUT2D eigenvalue weighted by Crippen LogP contribution is -2.50. The number of aliphatic carboxylic acids is 1. The molecule has 2 N–H and O–H groups in total. The molecule has 126 valence electrons. The number of carbonyl (C=O) groups excluding carboxylic acids is 2. The second-order valence-corrected chi connectivity index (χ2v) is 6.46. The first-order valence-corrected chi connectivity index (χ1v) is 8.09. The molecule has 0 saturated carbocycles. The Morgan fingerprint density at radius 1 is 1.18 bits per heavy atom. The van der Waals surface area contributed by atoms with Crippen LogP contribution in [0.25, 0.3) is 0 Å². The van der Waals surface area contributed by atoms with Gasteiger partial charge in [-0.25, -0.2) is 4.79 Å². The number of hydrogen-bond donors (Lipinski definition) is 2. The first-order valence-electron chi connectivity index (χ1n) is 8.09. The lowest BCUT2D eigenvalue weighted by Gasteiger charge is -2.33. The summed E-state index contributed by atoms with van der Waals surface area (Å²) in [5.41, 5.74) is 0. The minimum atomic E-state index is -0.991. The first-order chi connectivity index (χ1) is 10.3. The van der Waals surface area contributed by atoms with Crippen LogP contribution in [0.1, 0.15) is 47.0 Å². The Kier molecular flexibility index (Phi) is 6.84. The highest BCUT2D eigenvalue weighted by Gasteiger charge is 2.32. The number of carboxylic acids is 1. The summed E-state index contributed by atoms with van der Waals surface area (Å²) >= 11 is 0. The fourth-order valence-corrected chi connectivity index (χ4v) is 2.68. The minimum absolute atomic E-state index is 0.0350. The van der Waals surface area contributed by atoms with Crippen molar-refractivity contribution in [3.63, 3.8) is 0 Å². The molecule has 2 amide bonds. The Balaban J connectivity index is 2.55. The number of carboxylic acid groups (broad SMARTS) is 1. The lowest BCUT2D eigenvalue weighted by molar-refractivity contribution is -0.144. The molecule has 1 aliphatic heterocycles. The summed E-state index contributed by atoms with van der Waals surface area (Å²) < 4.78 is 0. The van der Waals surface area contributed by atoms with Crippen molar-refractivity contribution in [2.45, 2.75) is 53.0 Å². The predicted molar refractivity (Wildman–Crippen MR) is 83.2 cm³/mol. The van der Waals surface area contributed by atoms with Gasteiger partial charge in [0.25, 0.3) is 0 Å². The van der Waals surface area contributed by atoms with Gasteiger partial charge >= 0.3 is 5.97 Å². The Hall–Kier alpha value is -1.59. The van der Waals surface area contributed by atoms with Crippen molar-refractivity contribution >= 4 is 17.8 Å². The van der Waals surface area contributed by atoms with E-state index in [9.17, 15) is 19.5 Å². The molecule has 1 rings (SSSR count). The van der Waals surface area contributed by atoms with E-state index in [0.29, 0.717) is 32.4 Å². The Morgan fingerprint density at radius 3 is 2.14 bits per heavy atom. The SMILES string of the molecule is CCC(C)C(NC(=O)C1CCN(C(=O)C(C)C)CC1)C(=O)O. The van der Waals surface area contributed by atoms with Gasteiger partial charge < -0.3 is 15.3 Å². The molecule has 0 aromatic heterocycles. The van der Waals surface area contributed by atoms with Crippen LogP contribution >= 0.6 is 0 Å². The highest BCUT2D eigenvalue weighted by atomic mass is 16.4. The first kappa shape index (κ1) is 18.5. The number of nitrogens with one attached hydrogen (secondary N) is 1. The Morgan fingerprint density at radius 2 is 1.73 bits per heavy atom. The fraction of sp³-hybridized carbons (Fsp3) is 0.812. The number of carbonyl (C=O) groups is 3. The van der Waals surface area contributed by atoms with E-state index in [0.717, 1.165) is 0 Å². The van der Waals surface area contributed by atoms with Gasteiger partial charge in [0.05, 0.1) is 0 Å². The Bertz CT molecular complexity index is 414. The molecule has 0 aromatic carbocycles. The van der Waals surface area contributed by atoms with Crippen molar-refractivity contribution in [1.29, 1.82) is 0 Å². The zero-order valence-corrected chi connectivity index (χ0v) is 14.0. The average molecular weight is 312 g/mol. The molecule has 1 fully saturated rings. The normalized spacial score (nSPS) is 18.9. The predicted octanol–water partition coefficient (Wildman–Crippen LogP) is 1.50. The van der Waals surface area contributed by atoms with Crippen LogP contribution in [0.5, 0.6) is 0 Å². The van der Waals surface area contributed by atoms with Crippen LogP contribution in [-0.4, -0.2) is 46.9 Å². The monoisotopic (exact) mass is 312 g/mol. The van der Waals surface area contributed by atoms with Crippen LogP contribution in [0, 0.1) is 17.8 Å². The third-order valence-electron chi connectivity index (χ3n) is 4.45. The maximum absolute atomic E-state index is 12.3. The molecule has 22 heavy (non-hydrogen) atoms. The molecule has 2 atom stereocenters. The molecule has 6 nitrogen and oxygen atoms in total. The van der Waals surface area contributed by atoms with Crippen LogP contribution in [-0.2, 0) is 14.4 Å². The van der Waals surface area contributed by atoms with Crippen molar-refractivity contribution in [3.05, 3.63) is 0 Å². The van der Waals surface area contributed by atoms with Gasteiger partial charge in [-0.15, -0.1) is 0 Å². The standard InChI is InChI=1S/C16H28N2O4/c1-5-11(4)13(16(21)22)17-14(19)12-6-8-18(9-7-12)15(20)10(2)3/h10-13H,5-9H2,1-4H3,(H,17,19)(H,21,22). The van der Waals surface area contributed by atoms with Gasteiger partial charge in [0.1, 0.15) is 6.04 Å². The van der Waals surface area contributed by atoms with Crippen molar-refractivity contribution in [3.8, 4) is 0 Å². The molecule has 0 radical (unpaired) electrons. The van der Waals surface area contributed by atoms with E-state index in [1.807, 2.05) is 27.7 Å². The van der Waals surface area contributed by atoms with E-state index in [-0.39, 0.29) is 29.6 Å². The molecule has 6 heteroatoms. The highest BCUT2D eigenvalue weighted by molar-refractivity contribution is 5.85. The van der Waals surface area contributed by atoms with Crippen molar-refractivity contribution in [1.82, 2.24) is 10.2 Å². The molecular weight excluding hydrogens is 284 g/mol. The number of nitrogens with zero attached hydrogens (tertiary/aromatic N) is 1. The number of rotatable bonds is 6. The van der Waals surface area contributed by atoms with E-state index >= 15 is 0 Å². The van der Waals surface area contributed by atoms with Gasteiger partial charge in [-0.2, -0.15) is 0 Å². The van der Waals surface area contributed by atoms with Gasteiger partial charge in [-0.05, 0) is 18.8 Å². The summed E-state index contributed by atoms with van der Waals surface area (Å²) in [6.07, 6.45) is 1.88. The quantitative estimate of drug-likeness (QED) is 0.778. The molecule has 1 saturated heterocycles. The maximum Gasteiger partial charge on any atom is 0.326 e.